The zero-order chi connectivity index (χ0) is 20.3. The number of amides is 2. The van der Waals surface area contributed by atoms with Crippen molar-refractivity contribution in [1.82, 2.24) is 16.0 Å². The van der Waals surface area contributed by atoms with E-state index in [2.05, 4.69) is 53.0 Å². The van der Waals surface area contributed by atoms with Crippen molar-refractivity contribution < 1.29 is 14.3 Å². The van der Waals surface area contributed by atoms with Crippen LogP contribution >= 0.6 is 0 Å². The molecule has 1 aromatic carbocycles. The van der Waals surface area contributed by atoms with E-state index in [1.165, 1.54) is 16.8 Å². The van der Waals surface area contributed by atoms with Gasteiger partial charge in [-0.1, -0.05) is 26.0 Å². The van der Waals surface area contributed by atoms with E-state index in [0.717, 1.165) is 32.2 Å². The standard InChI is InChI=1S/C21H32N4O3/c1-5-14(2)24-20(27)28-19(26)23-11-6-7-15-8-9-17-16(13-15)21(3)10-12-22-18(21)25(17)4/h8-9,13-14,18,22H,5-7,10-12H2,1-4H3,(H,23,26)(H,24,27)/t14?,18-,21+/m0/s1. The number of fused-ring (bicyclic) bond motifs is 3. The van der Waals surface area contributed by atoms with Crippen LogP contribution in [0.2, 0.25) is 0 Å². The molecule has 3 N–H and O–H groups in total. The average Bonchev–Trinajstić information content (AvgIpc) is 3.14. The summed E-state index contributed by atoms with van der Waals surface area (Å²) < 4.78 is 4.70. The largest absolute Gasteiger partial charge is 0.416 e. The van der Waals surface area contributed by atoms with Crippen molar-refractivity contribution >= 4 is 17.9 Å². The molecule has 2 amide bonds. The van der Waals surface area contributed by atoms with Gasteiger partial charge in [-0.2, -0.15) is 0 Å². The maximum Gasteiger partial charge on any atom is 0.416 e. The zero-order valence-electron chi connectivity index (χ0n) is 17.3. The molecule has 2 aliphatic rings. The van der Waals surface area contributed by atoms with Crippen LogP contribution in [0, 0.1) is 0 Å². The lowest BCUT2D eigenvalue weighted by atomic mass is 9.81. The molecular weight excluding hydrogens is 356 g/mol. The number of aryl methyl sites for hydroxylation is 1. The number of nitrogens with one attached hydrogen (secondary N) is 3. The summed E-state index contributed by atoms with van der Waals surface area (Å²) in [7, 11) is 2.15. The summed E-state index contributed by atoms with van der Waals surface area (Å²) in [4.78, 5) is 25.6. The number of nitrogens with zero attached hydrogens (tertiary/aromatic N) is 1. The zero-order valence-corrected chi connectivity index (χ0v) is 17.3. The number of benzene rings is 1. The fraction of sp³-hybridized carbons (Fsp3) is 0.619. The van der Waals surface area contributed by atoms with Gasteiger partial charge in [-0.05, 0) is 56.3 Å². The monoisotopic (exact) mass is 388 g/mol. The molecule has 7 heteroatoms. The maximum atomic E-state index is 11.7. The number of alkyl carbamates (subject to hydrolysis) is 2. The molecule has 7 nitrogen and oxygen atoms in total. The number of likely N-dealkylation sites (N-methyl/N-ethyl adjacent to an activating group) is 1. The van der Waals surface area contributed by atoms with Crippen LogP contribution in [0.5, 0.6) is 0 Å². The molecule has 0 saturated carbocycles. The Labute approximate surface area is 167 Å². The first kappa shape index (κ1) is 20.5. The van der Waals surface area contributed by atoms with Gasteiger partial charge in [-0.25, -0.2) is 9.59 Å². The number of hydrogen-bond acceptors (Lipinski definition) is 5. The van der Waals surface area contributed by atoms with Gasteiger partial charge >= 0.3 is 12.2 Å². The molecule has 0 bridgehead atoms. The van der Waals surface area contributed by atoms with Crippen LogP contribution in [0.3, 0.4) is 0 Å². The minimum atomic E-state index is -0.706. The van der Waals surface area contributed by atoms with Crippen molar-refractivity contribution in [1.29, 1.82) is 0 Å². The molecule has 3 atom stereocenters. The lowest BCUT2D eigenvalue weighted by Gasteiger charge is -2.27. The van der Waals surface area contributed by atoms with Crippen molar-refractivity contribution in [3.8, 4) is 0 Å². The van der Waals surface area contributed by atoms with Crippen molar-refractivity contribution in [2.45, 2.75) is 64.1 Å². The van der Waals surface area contributed by atoms with Gasteiger partial charge in [0, 0.05) is 30.7 Å². The second-order valence-electron chi connectivity index (χ2n) is 8.15. The van der Waals surface area contributed by atoms with Gasteiger partial charge in [0.25, 0.3) is 0 Å². The van der Waals surface area contributed by atoms with Crippen LogP contribution in [-0.2, 0) is 16.6 Å². The van der Waals surface area contributed by atoms with Gasteiger partial charge < -0.3 is 20.3 Å². The normalized spacial score (nSPS) is 23.7. The minimum Gasteiger partial charge on any atom is -0.359 e. The van der Waals surface area contributed by atoms with E-state index < -0.39 is 12.2 Å². The third-order valence-corrected chi connectivity index (χ3v) is 6.10. The van der Waals surface area contributed by atoms with E-state index in [9.17, 15) is 9.59 Å². The Balaban J connectivity index is 1.47. The lowest BCUT2D eigenvalue weighted by Crippen LogP contribution is -2.44. The Hall–Kier alpha value is -2.28. The predicted octanol–water partition coefficient (Wildman–Crippen LogP) is 2.88. The highest BCUT2D eigenvalue weighted by Gasteiger charge is 2.49. The van der Waals surface area contributed by atoms with E-state index >= 15 is 0 Å². The third-order valence-electron chi connectivity index (χ3n) is 6.10. The molecule has 28 heavy (non-hydrogen) atoms. The molecule has 0 aliphatic carbocycles. The van der Waals surface area contributed by atoms with Crippen LogP contribution in [0.25, 0.3) is 0 Å². The Kier molecular flexibility index (Phi) is 6.13. The topological polar surface area (TPSA) is 82.7 Å². The molecule has 2 aliphatic heterocycles. The summed E-state index contributed by atoms with van der Waals surface area (Å²) in [6.07, 6.45) is 2.54. The van der Waals surface area contributed by atoms with E-state index in [4.69, 9.17) is 4.74 Å². The third kappa shape index (κ3) is 4.09. The Bertz CT molecular complexity index is 738. The van der Waals surface area contributed by atoms with Crippen molar-refractivity contribution in [3.05, 3.63) is 29.3 Å². The molecule has 1 fully saturated rings. The predicted molar refractivity (Wildman–Crippen MR) is 110 cm³/mol. The lowest BCUT2D eigenvalue weighted by molar-refractivity contribution is 0.148. The molecule has 1 unspecified atom stereocenters. The van der Waals surface area contributed by atoms with Crippen LogP contribution in [0.4, 0.5) is 15.3 Å². The molecule has 0 aromatic heterocycles. The quantitative estimate of drug-likeness (QED) is 0.516. The summed E-state index contributed by atoms with van der Waals surface area (Å²) in [6, 6.07) is 6.67. The number of carbonyl (C=O) groups is 2. The van der Waals surface area contributed by atoms with Gasteiger partial charge in [0.2, 0.25) is 0 Å². The van der Waals surface area contributed by atoms with Gasteiger partial charge in [-0.3, -0.25) is 5.32 Å². The van der Waals surface area contributed by atoms with Crippen molar-refractivity contribution in [3.63, 3.8) is 0 Å². The highest BCUT2D eigenvalue weighted by Crippen LogP contribution is 2.48. The van der Waals surface area contributed by atoms with Crippen molar-refractivity contribution in [2.75, 3.05) is 25.0 Å². The van der Waals surface area contributed by atoms with E-state index in [-0.39, 0.29) is 11.5 Å². The number of hydrogen-bond donors (Lipinski definition) is 3. The minimum absolute atomic E-state index is 0.0179. The number of ether oxygens (including phenoxy) is 1. The second kappa shape index (κ2) is 8.39. The first-order chi connectivity index (χ1) is 13.3. The molecule has 2 heterocycles. The summed E-state index contributed by atoms with van der Waals surface area (Å²) in [5.74, 6) is 0. The van der Waals surface area contributed by atoms with Gasteiger partial charge in [-0.15, -0.1) is 0 Å². The molecular formula is C21H32N4O3. The molecule has 3 rings (SSSR count). The average molecular weight is 389 g/mol. The summed E-state index contributed by atoms with van der Waals surface area (Å²) in [6.45, 7) is 7.66. The Morgan fingerprint density at radius 1 is 1.39 bits per heavy atom. The second-order valence-corrected chi connectivity index (χ2v) is 8.15. The van der Waals surface area contributed by atoms with E-state index in [1.807, 2.05) is 13.8 Å². The highest BCUT2D eigenvalue weighted by molar-refractivity contribution is 5.83. The molecule has 1 aromatic rings. The van der Waals surface area contributed by atoms with Crippen LogP contribution in [-0.4, -0.2) is 44.5 Å². The number of rotatable bonds is 6. The first-order valence-corrected chi connectivity index (χ1v) is 10.2. The number of carbonyl (C=O) groups excluding carboxylic acids is 2. The number of anilines is 1. The highest BCUT2D eigenvalue weighted by atomic mass is 16.6. The van der Waals surface area contributed by atoms with Crippen LogP contribution in [0.1, 0.15) is 51.2 Å². The summed E-state index contributed by atoms with van der Waals surface area (Å²) in [5, 5.41) is 8.84. The Morgan fingerprint density at radius 3 is 2.93 bits per heavy atom. The smallest absolute Gasteiger partial charge is 0.359 e. The molecule has 1 saturated heterocycles. The van der Waals surface area contributed by atoms with Gasteiger partial charge in [0.1, 0.15) is 0 Å². The summed E-state index contributed by atoms with van der Waals surface area (Å²) in [5.41, 5.74) is 4.14. The van der Waals surface area contributed by atoms with Gasteiger partial charge in [0.15, 0.2) is 0 Å². The van der Waals surface area contributed by atoms with Gasteiger partial charge in [0.05, 0.1) is 6.17 Å². The molecule has 154 valence electrons. The van der Waals surface area contributed by atoms with Crippen LogP contribution < -0.4 is 20.9 Å². The van der Waals surface area contributed by atoms with E-state index in [1.54, 1.807) is 0 Å². The van der Waals surface area contributed by atoms with Crippen molar-refractivity contribution in [2.24, 2.45) is 0 Å². The SMILES string of the molecule is CCC(C)NC(=O)OC(=O)NCCCc1ccc2c(c1)[C@@]1(C)CCN[C@H]1N2C. The van der Waals surface area contributed by atoms with Crippen LogP contribution in [0.15, 0.2) is 18.2 Å². The fourth-order valence-electron chi connectivity index (χ4n) is 4.26. The molecule has 0 radical (unpaired) electrons. The Morgan fingerprint density at radius 2 is 2.18 bits per heavy atom. The fourth-order valence-corrected chi connectivity index (χ4v) is 4.26. The summed E-state index contributed by atoms with van der Waals surface area (Å²) >= 11 is 0. The first-order valence-electron chi connectivity index (χ1n) is 10.2. The van der Waals surface area contributed by atoms with E-state index in [0.29, 0.717) is 12.7 Å². The molecule has 0 spiro atoms. The maximum absolute atomic E-state index is 11.7.